The molecule has 0 aliphatic carbocycles. The molecule has 3 N–H and O–H groups in total. The zero-order valence-electron chi connectivity index (χ0n) is 10.9. The maximum atomic E-state index is 13.1. The van der Waals surface area contributed by atoms with E-state index in [4.69, 9.17) is 10.5 Å². The van der Waals surface area contributed by atoms with Crippen molar-refractivity contribution in [1.82, 2.24) is 4.72 Å². The molecule has 0 saturated heterocycles. The van der Waals surface area contributed by atoms with Crippen molar-refractivity contribution in [1.29, 1.82) is 0 Å². The van der Waals surface area contributed by atoms with Gasteiger partial charge in [0.2, 0.25) is 10.0 Å². The van der Waals surface area contributed by atoms with E-state index in [1.165, 1.54) is 25.2 Å². The highest BCUT2D eigenvalue weighted by Gasteiger charge is 2.19. The maximum absolute atomic E-state index is 13.1. The monoisotopic (exact) mass is 314 g/mol. The molecule has 5 nitrogen and oxygen atoms in total. The van der Waals surface area contributed by atoms with Gasteiger partial charge >= 0.3 is 0 Å². The highest BCUT2D eigenvalue weighted by Crippen LogP contribution is 2.31. The summed E-state index contributed by atoms with van der Waals surface area (Å²) in [5.74, 6) is -1.93. The van der Waals surface area contributed by atoms with E-state index in [0.29, 0.717) is 6.07 Å². The van der Waals surface area contributed by atoms with E-state index in [9.17, 15) is 17.2 Å². The van der Waals surface area contributed by atoms with Crippen LogP contribution in [0.5, 0.6) is 11.5 Å². The molecule has 112 valence electrons. The first-order valence-corrected chi connectivity index (χ1v) is 7.27. The summed E-state index contributed by atoms with van der Waals surface area (Å²) in [7, 11) is -2.61. The molecule has 2 aromatic carbocycles. The molecular formula is C13H12F2N2O3S. The third kappa shape index (κ3) is 3.47. The molecular weight excluding hydrogens is 302 g/mol. The number of nitrogen functional groups attached to an aromatic ring is 1. The highest BCUT2D eigenvalue weighted by molar-refractivity contribution is 7.89. The molecule has 0 atom stereocenters. The molecule has 0 amide bonds. The Balaban J connectivity index is 2.49. The first-order valence-electron chi connectivity index (χ1n) is 5.79. The number of rotatable bonds is 4. The van der Waals surface area contributed by atoms with Crippen LogP contribution in [0.1, 0.15) is 0 Å². The minimum atomic E-state index is -3.83. The summed E-state index contributed by atoms with van der Waals surface area (Å²) < 4.78 is 57.4. The fourth-order valence-electron chi connectivity index (χ4n) is 1.64. The second kappa shape index (κ2) is 5.66. The number of ether oxygens (including phenoxy) is 1. The van der Waals surface area contributed by atoms with Crippen LogP contribution in [0.25, 0.3) is 0 Å². The summed E-state index contributed by atoms with van der Waals surface area (Å²) >= 11 is 0. The number of halogens is 2. The lowest BCUT2D eigenvalue weighted by atomic mass is 10.3. The van der Waals surface area contributed by atoms with Crippen LogP contribution in [-0.4, -0.2) is 15.5 Å². The predicted molar refractivity (Wildman–Crippen MR) is 73.5 cm³/mol. The Morgan fingerprint density at radius 2 is 1.71 bits per heavy atom. The van der Waals surface area contributed by atoms with Crippen LogP contribution in [0.3, 0.4) is 0 Å². The van der Waals surface area contributed by atoms with Crippen molar-refractivity contribution in [2.75, 3.05) is 12.8 Å². The van der Waals surface area contributed by atoms with E-state index in [2.05, 4.69) is 4.72 Å². The zero-order chi connectivity index (χ0) is 15.6. The second-order valence-electron chi connectivity index (χ2n) is 4.12. The first-order chi connectivity index (χ1) is 9.81. The lowest BCUT2D eigenvalue weighted by molar-refractivity contribution is 0.455. The van der Waals surface area contributed by atoms with Gasteiger partial charge in [-0.25, -0.2) is 21.9 Å². The molecule has 2 aromatic rings. The molecule has 0 radical (unpaired) electrons. The van der Waals surface area contributed by atoms with Gasteiger partial charge in [0.1, 0.15) is 28.0 Å². The van der Waals surface area contributed by atoms with Crippen LogP contribution < -0.4 is 15.2 Å². The number of hydrogen-bond donors (Lipinski definition) is 2. The maximum Gasteiger partial charge on any atom is 0.244 e. The summed E-state index contributed by atoms with van der Waals surface area (Å²) in [6, 6.07) is 6.48. The zero-order valence-corrected chi connectivity index (χ0v) is 11.7. The summed E-state index contributed by atoms with van der Waals surface area (Å²) in [6.45, 7) is 0. The van der Waals surface area contributed by atoms with Gasteiger partial charge in [0, 0.05) is 23.9 Å². The average Bonchev–Trinajstić information content (AvgIpc) is 2.39. The van der Waals surface area contributed by atoms with Crippen molar-refractivity contribution >= 4 is 15.7 Å². The minimum Gasteiger partial charge on any atom is -0.456 e. The van der Waals surface area contributed by atoms with E-state index in [0.717, 1.165) is 12.1 Å². The van der Waals surface area contributed by atoms with E-state index in [1.54, 1.807) is 0 Å². The Hall–Kier alpha value is -2.19. The van der Waals surface area contributed by atoms with Crippen molar-refractivity contribution in [3.05, 3.63) is 48.0 Å². The van der Waals surface area contributed by atoms with Crippen molar-refractivity contribution < 1.29 is 21.9 Å². The average molecular weight is 314 g/mol. The molecule has 0 unspecified atom stereocenters. The predicted octanol–water partition coefficient (Wildman–Crippen LogP) is 2.25. The van der Waals surface area contributed by atoms with Gasteiger partial charge in [-0.05, 0) is 25.2 Å². The van der Waals surface area contributed by atoms with Gasteiger partial charge < -0.3 is 10.5 Å². The van der Waals surface area contributed by atoms with Crippen LogP contribution in [0.2, 0.25) is 0 Å². The van der Waals surface area contributed by atoms with Crippen molar-refractivity contribution in [2.45, 2.75) is 4.90 Å². The molecule has 21 heavy (non-hydrogen) atoms. The fourth-order valence-corrected chi connectivity index (χ4v) is 2.53. The fraction of sp³-hybridized carbons (Fsp3) is 0.0769. The van der Waals surface area contributed by atoms with Gasteiger partial charge in [0.25, 0.3) is 0 Å². The summed E-state index contributed by atoms with van der Waals surface area (Å²) in [5, 5.41) is 0. The summed E-state index contributed by atoms with van der Waals surface area (Å²) in [6.07, 6.45) is 0. The molecule has 0 aromatic heterocycles. The lowest BCUT2D eigenvalue weighted by Gasteiger charge is -2.12. The molecule has 0 heterocycles. The number of hydrogen-bond acceptors (Lipinski definition) is 4. The van der Waals surface area contributed by atoms with Crippen LogP contribution in [0.15, 0.2) is 41.3 Å². The van der Waals surface area contributed by atoms with Crippen molar-refractivity contribution in [3.63, 3.8) is 0 Å². The third-order valence-corrected chi connectivity index (χ3v) is 4.03. The van der Waals surface area contributed by atoms with Crippen LogP contribution in [0.4, 0.5) is 14.5 Å². The van der Waals surface area contributed by atoms with E-state index in [-0.39, 0.29) is 22.1 Å². The summed E-state index contributed by atoms with van der Waals surface area (Å²) in [4.78, 5) is -0.227. The van der Waals surface area contributed by atoms with Crippen LogP contribution in [-0.2, 0) is 10.0 Å². The van der Waals surface area contributed by atoms with Gasteiger partial charge in [-0.15, -0.1) is 0 Å². The van der Waals surface area contributed by atoms with E-state index < -0.39 is 21.7 Å². The van der Waals surface area contributed by atoms with Crippen molar-refractivity contribution in [2.24, 2.45) is 0 Å². The Morgan fingerprint density at radius 1 is 1.10 bits per heavy atom. The molecule has 8 heteroatoms. The van der Waals surface area contributed by atoms with Crippen LogP contribution >= 0.6 is 0 Å². The number of benzene rings is 2. The quantitative estimate of drug-likeness (QED) is 0.848. The normalized spacial score (nSPS) is 11.4. The van der Waals surface area contributed by atoms with Crippen molar-refractivity contribution in [3.8, 4) is 11.5 Å². The number of anilines is 1. The van der Waals surface area contributed by atoms with Gasteiger partial charge in [-0.2, -0.15) is 0 Å². The topological polar surface area (TPSA) is 81.4 Å². The van der Waals surface area contributed by atoms with Gasteiger partial charge in [0.15, 0.2) is 0 Å². The van der Waals surface area contributed by atoms with Crippen LogP contribution in [0, 0.1) is 11.6 Å². The molecule has 0 saturated carbocycles. The van der Waals surface area contributed by atoms with Gasteiger partial charge in [-0.3, -0.25) is 0 Å². The van der Waals surface area contributed by atoms with E-state index >= 15 is 0 Å². The van der Waals surface area contributed by atoms with Gasteiger partial charge in [0.05, 0.1) is 0 Å². The molecule has 0 spiro atoms. The molecule has 0 bridgehead atoms. The standard InChI is InChI=1S/C13H12F2N2O3S/c1-17-21(18,19)13-7-10(16)2-3-12(13)20-11-5-8(14)4-9(15)6-11/h2-7,17H,16H2,1H3. The molecule has 0 aliphatic rings. The second-order valence-corrected chi connectivity index (χ2v) is 5.98. The molecule has 2 rings (SSSR count). The van der Waals surface area contributed by atoms with E-state index in [1.807, 2.05) is 0 Å². The Bertz CT molecular complexity index is 759. The minimum absolute atomic E-state index is 0.0939. The Labute approximate surface area is 120 Å². The molecule has 0 fully saturated rings. The number of nitrogens with two attached hydrogens (primary N) is 1. The number of sulfonamides is 1. The SMILES string of the molecule is CNS(=O)(=O)c1cc(N)ccc1Oc1cc(F)cc(F)c1. The molecule has 0 aliphatic heterocycles. The number of nitrogens with one attached hydrogen (secondary N) is 1. The first kappa shape index (κ1) is 15.2. The Kier molecular flexibility index (Phi) is 4.10. The smallest absolute Gasteiger partial charge is 0.244 e. The van der Waals surface area contributed by atoms with Gasteiger partial charge in [-0.1, -0.05) is 0 Å². The lowest BCUT2D eigenvalue weighted by Crippen LogP contribution is -2.19. The Morgan fingerprint density at radius 3 is 2.29 bits per heavy atom. The third-order valence-electron chi connectivity index (χ3n) is 2.59. The summed E-state index contributed by atoms with van der Waals surface area (Å²) in [5.41, 5.74) is 5.76. The largest absolute Gasteiger partial charge is 0.456 e. The highest BCUT2D eigenvalue weighted by atomic mass is 32.2.